The molecule has 0 saturated carbocycles. The van der Waals surface area contributed by atoms with Gasteiger partial charge in [-0.2, -0.15) is 5.10 Å². The normalized spacial score (nSPS) is 10.9. The molecule has 3 aromatic rings. The topological polar surface area (TPSA) is 52.8 Å². The van der Waals surface area contributed by atoms with Crippen LogP contribution in [0.2, 0.25) is 0 Å². The summed E-state index contributed by atoms with van der Waals surface area (Å²) >= 11 is 0. The largest absolute Gasteiger partial charge is 0.384 e. The summed E-state index contributed by atoms with van der Waals surface area (Å²) in [7, 11) is 1.65. The molecule has 0 radical (unpaired) electrons. The first-order valence-electron chi connectivity index (χ1n) is 7.31. The highest BCUT2D eigenvalue weighted by atomic mass is 19.1. The zero-order valence-corrected chi connectivity index (χ0v) is 13.0. The van der Waals surface area contributed by atoms with Crippen LogP contribution in [0.3, 0.4) is 0 Å². The second kappa shape index (κ2) is 6.66. The molecular weight excluding hydrogens is 295 g/mol. The van der Waals surface area contributed by atoms with Crippen molar-refractivity contribution in [1.82, 2.24) is 19.7 Å². The van der Waals surface area contributed by atoms with Crippen LogP contribution in [0.15, 0.2) is 42.7 Å². The van der Waals surface area contributed by atoms with Gasteiger partial charge in [-0.1, -0.05) is 0 Å². The Hall–Kier alpha value is -2.60. The van der Waals surface area contributed by atoms with E-state index in [4.69, 9.17) is 4.74 Å². The van der Waals surface area contributed by atoms with E-state index in [1.54, 1.807) is 30.1 Å². The average molecular weight is 312 g/mol. The Morgan fingerprint density at radius 3 is 2.70 bits per heavy atom. The first kappa shape index (κ1) is 15.3. The first-order valence-corrected chi connectivity index (χ1v) is 7.31. The molecule has 3 rings (SSSR count). The zero-order valence-electron chi connectivity index (χ0n) is 13.0. The summed E-state index contributed by atoms with van der Waals surface area (Å²) in [5, 5.41) is 4.49. The Balaban J connectivity index is 1.93. The van der Waals surface area contributed by atoms with Crippen molar-refractivity contribution in [3.63, 3.8) is 0 Å². The van der Waals surface area contributed by atoms with E-state index in [9.17, 15) is 4.39 Å². The number of benzene rings is 1. The molecule has 2 heterocycles. The third-order valence-electron chi connectivity index (χ3n) is 3.50. The van der Waals surface area contributed by atoms with Gasteiger partial charge in [-0.3, -0.25) is 0 Å². The van der Waals surface area contributed by atoms with E-state index in [1.165, 1.54) is 12.1 Å². The lowest BCUT2D eigenvalue weighted by Gasteiger charge is -2.02. The van der Waals surface area contributed by atoms with Gasteiger partial charge in [0.1, 0.15) is 11.6 Å². The highest BCUT2D eigenvalue weighted by Crippen LogP contribution is 2.22. The number of hydrogen-bond donors (Lipinski definition) is 0. The van der Waals surface area contributed by atoms with Crippen LogP contribution in [0.1, 0.15) is 11.5 Å². The van der Waals surface area contributed by atoms with Crippen LogP contribution in [0.25, 0.3) is 16.9 Å². The van der Waals surface area contributed by atoms with Crippen LogP contribution < -0.4 is 0 Å². The van der Waals surface area contributed by atoms with Gasteiger partial charge in [-0.15, -0.1) is 0 Å². The summed E-state index contributed by atoms with van der Waals surface area (Å²) in [5.41, 5.74) is 3.40. The van der Waals surface area contributed by atoms with Gasteiger partial charge in [-0.25, -0.2) is 19.0 Å². The number of aromatic nitrogens is 4. The van der Waals surface area contributed by atoms with Gasteiger partial charge >= 0.3 is 0 Å². The molecule has 0 N–H and O–H groups in total. The Kier molecular flexibility index (Phi) is 4.43. The molecule has 0 fully saturated rings. The van der Waals surface area contributed by atoms with Crippen molar-refractivity contribution in [2.24, 2.45) is 0 Å². The summed E-state index contributed by atoms with van der Waals surface area (Å²) in [6.07, 6.45) is 4.29. The van der Waals surface area contributed by atoms with Crippen molar-refractivity contribution in [2.45, 2.75) is 13.3 Å². The monoisotopic (exact) mass is 312 g/mol. The standard InChI is InChI=1S/C17H17FN4O/c1-12-15(16-7-9-19-17(20-16)8-10-23-2)11-22(21-12)14-5-3-13(18)4-6-14/h3-7,9,11H,8,10H2,1-2H3. The van der Waals surface area contributed by atoms with E-state index in [0.717, 1.165) is 28.5 Å². The molecule has 2 aromatic heterocycles. The molecule has 0 atom stereocenters. The average Bonchev–Trinajstić information content (AvgIpc) is 2.96. The zero-order chi connectivity index (χ0) is 16.2. The van der Waals surface area contributed by atoms with Crippen LogP contribution >= 0.6 is 0 Å². The molecular formula is C17H17FN4O. The fourth-order valence-corrected chi connectivity index (χ4v) is 2.30. The molecule has 0 aliphatic heterocycles. The van der Waals surface area contributed by atoms with Gasteiger partial charge in [0.05, 0.1) is 23.7 Å². The maximum absolute atomic E-state index is 13.0. The molecule has 0 aliphatic rings. The van der Waals surface area contributed by atoms with Crippen LogP contribution in [0.5, 0.6) is 0 Å². The number of hydrogen-bond acceptors (Lipinski definition) is 4. The molecule has 1 aromatic carbocycles. The smallest absolute Gasteiger partial charge is 0.131 e. The SMILES string of the molecule is COCCc1nccc(-c2cn(-c3ccc(F)cc3)nc2C)n1. The van der Waals surface area contributed by atoms with Crippen molar-refractivity contribution >= 4 is 0 Å². The molecule has 118 valence electrons. The maximum Gasteiger partial charge on any atom is 0.131 e. The molecule has 0 amide bonds. The predicted octanol–water partition coefficient (Wildman–Crippen LogP) is 2.97. The lowest BCUT2D eigenvalue weighted by molar-refractivity contribution is 0.200. The van der Waals surface area contributed by atoms with Gasteiger partial charge in [-0.05, 0) is 37.3 Å². The number of halogens is 1. The minimum absolute atomic E-state index is 0.267. The molecule has 0 saturated heterocycles. The minimum Gasteiger partial charge on any atom is -0.384 e. The Bertz CT molecular complexity index is 799. The highest BCUT2D eigenvalue weighted by molar-refractivity contribution is 5.61. The van der Waals surface area contributed by atoms with Crippen molar-refractivity contribution in [3.8, 4) is 16.9 Å². The Morgan fingerprint density at radius 1 is 1.17 bits per heavy atom. The first-order chi connectivity index (χ1) is 11.2. The van der Waals surface area contributed by atoms with E-state index in [0.29, 0.717) is 13.0 Å². The Morgan fingerprint density at radius 2 is 1.96 bits per heavy atom. The van der Waals surface area contributed by atoms with Gasteiger partial charge in [0.25, 0.3) is 0 Å². The quantitative estimate of drug-likeness (QED) is 0.727. The van der Waals surface area contributed by atoms with E-state index in [-0.39, 0.29) is 5.82 Å². The highest BCUT2D eigenvalue weighted by Gasteiger charge is 2.11. The lowest BCUT2D eigenvalue weighted by atomic mass is 10.2. The van der Waals surface area contributed by atoms with Gasteiger partial charge in [0.15, 0.2) is 0 Å². The summed E-state index contributed by atoms with van der Waals surface area (Å²) in [4.78, 5) is 8.80. The van der Waals surface area contributed by atoms with Crippen molar-refractivity contribution in [2.75, 3.05) is 13.7 Å². The van der Waals surface area contributed by atoms with Crippen molar-refractivity contribution in [3.05, 3.63) is 60.1 Å². The summed E-state index contributed by atoms with van der Waals surface area (Å²) in [6, 6.07) is 8.07. The molecule has 6 heteroatoms. The molecule has 23 heavy (non-hydrogen) atoms. The number of rotatable bonds is 5. The van der Waals surface area contributed by atoms with Crippen LogP contribution in [0, 0.1) is 12.7 Å². The van der Waals surface area contributed by atoms with Crippen LogP contribution in [-0.4, -0.2) is 33.5 Å². The van der Waals surface area contributed by atoms with E-state index in [2.05, 4.69) is 15.1 Å². The lowest BCUT2D eigenvalue weighted by Crippen LogP contribution is -2.01. The van der Waals surface area contributed by atoms with Crippen LogP contribution in [-0.2, 0) is 11.2 Å². The molecule has 5 nitrogen and oxygen atoms in total. The summed E-state index contributed by atoms with van der Waals surface area (Å²) in [5.74, 6) is 0.467. The van der Waals surface area contributed by atoms with Gasteiger partial charge < -0.3 is 4.74 Å². The molecule has 0 bridgehead atoms. The second-order valence-corrected chi connectivity index (χ2v) is 5.15. The third-order valence-corrected chi connectivity index (χ3v) is 3.50. The minimum atomic E-state index is -0.267. The van der Waals surface area contributed by atoms with Crippen molar-refractivity contribution in [1.29, 1.82) is 0 Å². The number of methoxy groups -OCH3 is 1. The van der Waals surface area contributed by atoms with Gasteiger partial charge in [0, 0.05) is 31.5 Å². The second-order valence-electron chi connectivity index (χ2n) is 5.15. The Labute approximate surface area is 133 Å². The van der Waals surface area contributed by atoms with E-state index >= 15 is 0 Å². The maximum atomic E-state index is 13.0. The van der Waals surface area contributed by atoms with Crippen molar-refractivity contribution < 1.29 is 9.13 Å². The van der Waals surface area contributed by atoms with E-state index in [1.807, 2.05) is 19.2 Å². The fourth-order valence-electron chi connectivity index (χ4n) is 2.30. The van der Waals surface area contributed by atoms with Gasteiger partial charge in [0.2, 0.25) is 0 Å². The molecule has 0 unspecified atom stereocenters. The number of nitrogens with zero attached hydrogens (tertiary/aromatic N) is 4. The predicted molar refractivity (Wildman–Crippen MR) is 84.9 cm³/mol. The van der Waals surface area contributed by atoms with Crippen LogP contribution in [0.4, 0.5) is 4.39 Å². The van der Waals surface area contributed by atoms with E-state index < -0.39 is 0 Å². The molecule has 0 aliphatic carbocycles. The third kappa shape index (κ3) is 3.43. The fraction of sp³-hybridized carbons (Fsp3) is 0.235. The summed E-state index contributed by atoms with van der Waals surface area (Å²) in [6.45, 7) is 2.50. The summed E-state index contributed by atoms with van der Waals surface area (Å²) < 4.78 is 19.8. The number of aryl methyl sites for hydroxylation is 1. The number of ether oxygens (including phenoxy) is 1. The molecule has 0 spiro atoms.